The summed E-state index contributed by atoms with van der Waals surface area (Å²) in [4.78, 5) is 35.7. The van der Waals surface area contributed by atoms with E-state index in [9.17, 15) is 44.6 Å². The molecule has 13 nitrogen and oxygen atoms in total. The first kappa shape index (κ1) is 55.6. The smallest absolute Gasteiger partial charge is 0.462 e. The Labute approximate surface area is 356 Å². The quantitative estimate of drug-likeness (QED) is 0.0148. The van der Waals surface area contributed by atoms with Crippen molar-refractivity contribution in [2.24, 2.45) is 0 Å². The zero-order valence-corrected chi connectivity index (χ0v) is 37.7. The van der Waals surface area contributed by atoms with Crippen molar-refractivity contribution in [2.45, 2.75) is 249 Å². The van der Waals surface area contributed by atoms with Gasteiger partial charge in [-0.15, -0.1) is 0 Å². The molecular formula is C45H85O13P. The van der Waals surface area contributed by atoms with E-state index in [1.807, 2.05) is 0 Å². The molecule has 8 atom stereocenters. The van der Waals surface area contributed by atoms with E-state index in [-0.39, 0.29) is 12.8 Å². The summed E-state index contributed by atoms with van der Waals surface area (Å²) in [5.41, 5.74) is 0. The van der Waals surface area contributed by atoms with Gasteiger partial charge in [0.25, 0.3) is 0 Å². The molecule has 0 radical (unpaired) electrons. The molecule has 348 valence electrons. The van der Waals surface area contributed by atoms with E-state index in [1.54, 1.807) is 0 Å². The molecule has 0 spiro atoms. The van der Waals surface area contributed by atoms with Gasteiger partial charge in [-0.05, 0) is 38.5 Å². The second-order valence-electron chi connectivity index (χ2n) is 16.6. The molecule has 14 heteroatoms. The largest absolute Gasteiger partial charge is 0.472 e. The lowest BCUT2D eigenvalue weighted by Crippen LogP contribution is -2.64. The number of ether oxygens (including phenoxy) is 2. The predicted octanol–water partition coefficient (Wildman–Crippen LogP) is 9.06. The average Bonchev–Trinajstić information content (AvgIpc) is 3.21. The fourth-order valence-electron chi connectivity index (χ4n) is 7.28. The Morgan fingerprint density at radius 3 is 1.29 bits per heavy atom. The van der Waals surface area contributed by atoms with Crippen molar-refractivity contribution in [3.8, 4) is 0 Å². The van der Waals surface area contributed by atoms with E-state index in [2.05, 4.69) is 26.0 Å². The summed E-state index contributed by atoms with van der Waals surface area (Å²) in [5, 5.41) is 50.1. The zero-order valence-electron chi connectivity index (χ0n) is 36.8. The SMILES string of the molecule is CCCCCCCC/C=C/CCCCCCCC(=O)OC[C@H](COP(=O)(O)OC1C(O)C(O)C(O)[C@@H](O)C1O)OC(=O)CCCCCCCCCCCCCCCCC. The molecule has 0 aromatic rings. The van der Waals surface area contributed by atoms with Gasteiger partial charge in [0.1, 0.15) is 43.2 Å². The maximum atomic E-state index is 12.8. The van der Waals surface area contributed by atoms with Gasteiger partial charge in [0.15, 0.2) is 6.10 Å². The Hall–Kier alpha value is -1.41. The van der Waals surface area contributed by atoms with Gasteiger partial charge in [-0.2, -0.15) is 0 Å². The molecular weight excluding hydrogens is 779 g/mol. The number of rotatable bonds is 39. The number of esters is 2. The number of allylic oxidation sites excluding steroid dienone is 2. The first-order chi connectivity index (χ1) is 28.4. The van der Waals surface area contributed by atoms with E-state index in [1.165, 1.54) is 109 Å². The highest BCUT2D eigenvalue weighted by Crippen LogP contribution is 2.47. The van der Waals surface area contributed by atoms with Crippen LogP contribution < -0.4 is 0 Å². The average molecular weight is 865 g/mol. The van der Waals surface area contributed by atoms with Crippen LogP contribution in [0.2, 0.25) is 0 Å². The fourth-order valence-corrected chi connectivity index (χ4v) is 8.26. The molecule has 0 heterocycles. The number of aliphatic hydroxyl groups excluding tert-OH is 5. The summed E-state index contributed by atoms with van der Waals surface area (Å²) in [6.45, 7) is 3.30. The second kappa shape index (κ2) is 36.1. The van der Waals surface area contributed by atoms with E-state index in [0.29, 0.717) is 12.8 Å². The van der Waals surface area contributed by atoms with Crippen LogP contribution in [0.4, 0.5) is 0 Å². The van der Waals surface area contributed by atoms with Crippen LogP contribution in [-0.4, -0.2) is 98.3 Å². The highest BCUT2D eigenvalue weighted by atomic mass is 31.2. The third-order valence-corrected chi connectivity index (χ3v) is 12.1. The molecule has 0 aromatic carbocycles. The third-order valence-electron chi connectivity index (χ3n) is 11.1. The number of carbonyl (C=O) groups excluding carboxylic acids is 2. The van der Waals surface area contributed by atoms with Crippen LogP contribution in [0.5, 0.6) is 0 Å². The Morgan fingerprint density at radius 1 is 0.508 bits per heavy atom. The molecule has 1 fully saturated rings. The maximum Gasteiger partial charge on any atom is 0.472 e. The second-order valence-corrected chi connectivity index (χ2v) is 18.0. The van der Waals surface area contributed by atoms with Crippen LogP contribution in [0.3, 0.4) is 0 Å². The van der Waals surface area contributed by atoms with E-state index in [4.69, 9.17) is 18.5 Å². The molecule has 0 amide bonds. The molecule has 0 bridgehead atoms. The number of aliphatic hydroxyl groups is 5. The maximum absolute atomic E-state index is 12.8. The van der Waals surface area contributed by atoms with Crippen LogP contribution in [-0.2, 0) is 32.7 Å². The normalized spacial score (nSPS) is 22.4. The van der Waals surface area contributed by atoms with Crippen LogP contribution in [0.1, 0.15) is 206 Å². The van der Waals surface area contributed by atoms with Gasteiger partial charge >= 0.3 is 19.8 Å². The summed E-state index contributed by atoms with van der Waals surface area (Å²) >= 11 is 0. The molecule has 1 saturated carbocycles. The monoisotopic (exact) mass is 865 g/mol. The van der Waals surface area contributed by atoms with E-state index < -0.39 is 75.7 Å². The lowest BCUT2D eigenvalue weighted by Gasteiger charge is -2.41. The lowest BCUT2D eigenvalue weighted by atomic mass is 9.85. The Balaban J connectivity index is 2.45. The minimum Gasteiger partial charge on any atom is -0.462 e. The number of phosphoric acid groups is 1. The Bertz CT molecular complexity index is 1090. The number of unbranched alkanes of at least 4 members (excludes halogenated alkanes) is 25. The molecule has 1 aliphatic rings. The van der Waals surface area contributed by atoms with Crippen LogP contribution >= 0.6 is 7.82 Å². The van der Waals surface area contributed by atoms with Gasteiger partial charge in [-0.3, -0.25) is 18.6 Å². The van der Waals surface area contributed by atoms with Gasteiger partial charge in [-0.25, -0.2) is 4.57 Å². The highest BCUT2D eigenvalue weighted by molar-refractivity contribution is 7.47. The summed E-state index contributed by atoms with van der Waals surface area (Å²) < 4.78 is 33.5. The summed E-state index contributed by atoms with van der Waals surface area (Å²) in [6.07, 6.45) is 24.1. The highest BCUT2D eigenvalue weighted by Gasteiger charge is 2.51. The lowest BCUT2D eigenvalue weighted by molar-refractivity contribution is -0.220. The molecule has 1 aliphatic carbocycles. The Morgan fingerprint density at radius 2 is 0.864 bits per heavy atom. The minimum absolute atomic E-state index is 0.101. The molecule has 6 N–H and O–H groups in total. The standard InChI is InChI=1S/C45H85O13P/c1-3-5-7-9-11-13-15-17-19-21-23-25-27-29-31-33-38(46)55-35-37(36-56-59(53,54)58-45-43(51)41(49)40(48)42(50)44(45)52)57-39(47)34-32-30-28-26-24-22-20-18-16-14-12-10-8-6-4-2/h17,19,37,40-45,48-52H,3-16,18,20-36H2,1-2H3,(H,53,54)/b19-17+/t37-,40?,41-,42?,43?,44?,45?/m1/s1. The van der Waals surface area contributed by atoms with E-state index in [0.717, 1.165) is 57.8 Å². The number of carbonyl (C=O) groups is 2. The van der Waals surface area contributed by atoms with Gasteiger partial charge in [0, 0.05) is 12.8 Å². The summed E-state index contributed by atoms with van der Waals surface area (Å²) in [7, 11) is -5.11. The fraction of sp³-hybridized carbons (Fsp3) is 0.911. The summed E-state index contributed by atoms with van der Waals surface area (Å²) in [5.74, 6) is -1.10. The first-order valence-electron chi connectivity index (χ1n) is 23.5. The Kier molecular flexibility index (Phi) is 34.0. The van der Waals surface area contributed by atoms with Crippen molar-refractivity contribution < 1.29 is 63.1 Å². The van der Waals surface area contributed by atoms with E-state index >= 15 is 0 Å². The van der Waals surface area contributed by atoms with Crippen molar-refractivity contribution >= 4 is 19.8 Å². The summed E-state index contributed by atoms with van der Waals surface area (Å²) in [6, 6.07) is 0. The van der Waals surface area contributed by atoms with Gasteiger partial charge < -0.3 is 39.9 Å². The zero-order chi connectivity index (χ0) is 43.6. The third kappa shape index (κ3) is 28.7. The minimum atomic E-state index is -5.11. The number of hydrogen-bond donors (Lipinski definition) is 6. The molecule has 6 unspecified atom stereocenters. The van der Waals surface area contributed by atoms with Crippen molar-refractivity contribution in [1.82, 2.24) is 0 Å². The van der Waals surface area contributed by atoms with Gasteiger partial charge in [0.05, 0.1) is 6.61 Å². The van der Waals surface area contributed by atoms with Crippen molar-refractivity contribution in [3.63, 3.8) is 0 Å². The number of hydrogen-bond acceptors (Lipinski definition) is 12. The molecule has 0 saturated heterocycles. The molecule has 0 aromatic heterocycles. The van der Waals surface area contributed by atoms with Gasteiger partial charge in [0.2, 0.25) is 0 Å². The molecule has 1 rings (SSSR count). The molecule has 0 aliphatic heterocycles. The predicted molar refractivity (Wildman–Crippen MR) is 231 cm³/mol. The van der Waals surface area contributed by atoms with Crippen LogP contribution in [0, 0.1) is 0 Å². The topological polar surface area (TPSA) is 210 Å². The van der Waals surface area contributed by atoms with Crippen molar-refractivity contribution in [3.05, 3.63) is 12.2 Å². The van der Waals surface area contributed by atoms with Crippen LogP contribution in [0.25, 0.3) is 0 Å². The van der Waals surface area contributed by atoms with Crippen molar-refractivity contribution in [1.29, 1.82) is 0 Å². The van der Waals surface area contributed by atoms with Crippen molar-refractivity contribution in [2.75, 3.05) is 13.2 Å². The van der Waals surface area contributed by atoms with Crippen LogP contribution in [0.15, 0.2) is 12.2 Å². The molecule has 59 heavy (non-hydrogen) atoms. The number of phosphoric ester groups is 1. The first-order valence-corrected chi connectivity index (χ1v) is 25.0. The van der Waals surface area contributed by atoms with Gasteiger partial charge in [-0.1, -0.05) is 167 Å².